The topological polar surface area (TPSA) is 59.2 Å². The third-order valence-corrected chi connectivity index (χ3v) is 0.501. The molecule has 1 aromatic rings. The van der Waals surface area contributed by atoms with Crippen molar-refractivity contribution in [2.45, 2.75) is 6.61 Å². The smallest absolute Gasteiger partial charge is 0.306 e. The first kappa shape index (κ1) is 4.26. The summed E-state index contributed by atoms with van der Waals surface area (Å²) in [5, 5.41) is 14.7. The van der Waals surface area contributed by atoms with Crippen molar-refractivity contribution in [3.8, 4) is 0 Å². The molecule has 0 aliphatic carbocycles. The highest BCUT2D eigenvalue weighted by molar-refractivity contribution is 4.63. The number of nitrogens with zero attached hydrogens (tertiary/aromatic N) is 2. The van der Waals surface area contributed by atoms with Gasteiger partial charge in [0, 0.05) is 0 Å². The fraction of sp³-hybridized carbons (Fsp3) is 0.333. The van der Waals surface area contributed by atoms with E-state index in [1.807, 2.05) is 0 Å². The summed E-state index contributed by atoms with van der Waals surface area (Å²) in [6, 6.07) is 0. The fourth-order valence-electron chi connectivity index (χ4n) is 0.234. The van der Waals surface area contributed by atoms with Gasteiger partial charge in [0.2, 0.25) is 5.89 Å². The van der Waals surface area contributed by atoms with Crippen LogP contribution in [0.25, 0.3) is 0 Å². The molecule has 37 valence electrons. The van der Waals surface area contributed by atoms with Crippen molar-refractivity contribution in [2.75, 3.05) is 0 Å². The molecule has 0 aliphatic heterocycles. The third kappa shape index (κ3) is 0.747. The van der Waals surface area contributed by atoms with E-state index in [9.17, 15) is 0 Å². The summed E-state index contributed by atoms with van der Waals surface area (Å²) < 4.78 is 4.39. The molecule has 0 amide bonds. The van der Waals surface area contributed by atoms with Crippen LogP contribution in [0.4, 0.5) is 0 Å². The molecule has 0 bridgehead atoms. The highest BCUT2D eigenvalue weighted by Gasteiger charge is 1.90. The Morgan fingerprint density at radius 2 is 2.71 bits per heavy atom. The van der Waals surface area contributed by atoms with Crippen molar-refractivity contribution in [1.29, 1.82) is 0 Å². The normalized spacial score (nSPS) is 9.29. The fourth-order valence-corrected chi connectivity index (χ4v) is 0.234. The van der Waals surface area contributed by atoms with Gasteiger partial charge in [0.05, 0.1) is 0 Å². The van der Waals surface area contributed by atoms with Gasteiger partial charge < -0.3 is 9.52 Å². The highest BCUT2D eigenvalue weighted by Crippen LogP contribution is 1.86. The van der Waals surface area contributed by atoms with E-state index in [2.05, 4.69) is 21.0 Å². The van der Waals surface area contributed by atoms with E-state index < -0.39 is 0 Å². The van der Waals surface area contributed by atoms with Crippen LogP contribution in [0.2, 0.25) is 0 Å². The average Bonchev–Trinajstić information content (AvgIpc) is 2.14. The summed E-state index contributed by atoms with van der Waals surface area (Å²) in [6.45, 7) is -0.212. The average molecular weight is 99.1 g/mol. The molecule has 4 nitrogen and oxygen atoms in total. The summed E-state index contributed by atoms with van der Waals surface area (Å²) in [6.07, 6.45) is 2.08. The van der Waals surface area contributed by atoms with E-state index >= 15 is 0 Å². The maximum absolute atomic E-state index is 8.21. The highest BCUT2D eigenvalue weighted by atomic mass is 16.4. The Hall–Kier alpha value is -0.900. The van der Waals surface area contributed by atoms with E-state index in [0.717, 1.165) is 0 Å². The minimum absolute atomic E-state index is 0.194. The SMILES string of the molecule is OCc1nn[c]o1. The number of aliphatic hydroxyl groups is 1. The summed E-state index contributed by atoms with van der Waals surface area (Å²) in [5.41, 5.74) is 0. The van der Waals surface area contributed by atoms with Crippen LogP contribution < -0.4 is 0 Å². The molecule has 0 saturated heterocycles. The molecule has 0 unspecified atom stereocenters. The maximum atomic E-state index is 8.21. The second kappa shape index (κ2) is 1.70. The van der Waals surface area contributed by atoms with Crippen molar-refractivity contribution in [2.24, 2.45) is 0 Å². The van der Waals surface area contributed by atoms with Crippen molar-refractivity contribution in [3.63, 3.8) is 0 Å². The number of rotatable bonds is 1. The molecular formula is C3H3N2O2. The van der Waals surface area contributed by atoms with Crippen LogP contribution in [0.1, 0.15) is 5.89 Å². The van der Waals surface area contributed by atoms with Crippen molar-refractivity contribution in [1.82, 2.24) is 10.2 Å². The molecule has 0 atom stereocenters. The van der Waals surface area contributed by atoms with E-state index in [1.165, 1.54) is 0 Å². The monoisotopic (exact) mass is 99.0 g/mol. The van der Waals surface area contributed by atoms with Crippen molar-refractivity contribution >= 4 is 0 Å². The number of aromatic nitrogens is 2. The molecule has 1 heterocycles. The molecule has 0 aromatic carbocycles. The minimum atomic E-state index is -0.212. The van der Waals surface area contributed by atoms with Gasteiger partial charge in [-0.3, -0.25) is 0 Å². The number of hydrogen-bond donors (Lipinski definition) is 1. The van der Waals surface area contributed by atoms with Gasteiger partial charge in [-0.25, -0.2) is 0 Å². The number of aliphatic hydroxyl groups excluding tert-OH is 1. The zero-order valence-electron chi connectivity index (χ0n) is 3.46. The van der Waals surface area contributed by atoms with Gasteiger partial charge >= 0.3 is 6.39 Å². The second-order valence-corrected chi connectivity index (χ2v) is 0.945. The van der Waals surface area contributed by atoms with Crippen LogP contribution in [-0.4, -0.2) is 15.3 Å². The quantitative estimate of drug-likeness (QED) is 0.508. The van der Waals surface area contributed by atoms with E-state index in [4.69, 9.17) is 5.11 Å². The first-order valence-electron chi connectivity index (χ1n) is 1.73. The molecule has 0 aliphatic rings. The Balaban J connectivity index is 2.76. The van der Waals surface area contributed by atoms with Gasteiger partial charge in [0.1, 0.15) is 6.61 Å². The Morgan fingerprint density at radius 1 is 1.86 bits per heavy atom. The van der Waals surface area contributed by atoms with Crippen LogP contribution in [0.5, 0.6) is 0 Å². The Labute approximate surface area is 39.8 Å². The lowest BCUT2D eigenvalue weighted by atomic mass is 10.7. The van der Waals surface area contributed by atoms with Crippen LogP contribution in [-0.2, 0) is 6.61 Å². The molecule has 7 heavy (non-hydrogen) atoms. The molecule has 4 heteroatoms. The minimum Gasteiger partial charge on any atom is -0.414 e. The van der Waals surface area contributed by atoms with E-state index in [0.29, 0.717) is 0 Å². The van der Waals surface area contributed by atoms with Crippen molar-refractivity contribution < 1.29 is 9.52 Å². The lowest BCUT2D eigenvalue weighted by Gasteiger charge is -1.74. The van der Waals surface area contributed by atoms with Gasteiger partial charge in [-0.05, 0) is 0 Å². The molecule has 0 fully saturated rings. The maximum Gasteiger partial charge on any atom is 0.306 e. The Kier molecular flexibility index (Phi) is 1.04. The van der Waals surface area contributed by atoms with Crippen LogP contribution in [0, 0.1) is 6.39 Å². The van der Waals surface area contributed by atoms with Crippen LogP contribution in [0.3, 0.4) is 0 Å². The second-order valence-electron chi connectivity index (χ2n) is 0.945. The summed E-state index contributed by atoms with van der Waals surface area (Å²) >= 11 is 0. The molecule has 0 spiro atoms. The predicted octanol–water partition coefficient (Wildman–Crippen LogP) is -0.638. The summed E-state index contributed by atoms with van der Waals surface area (Å²) in [5.74, 6) is 0.194. The summed E-state index contributed by atoms with van der Waals surface area (Å²) in [7, 11) is 0. The van der Waals surface area contributed by atoms with Gasteiger partial charge in [0.25, 0.3) is 0 Å². The van der Waals surface area contributed by atoms with E-state index in [-0.39, 0.29) is 12.5 Å². The Bertz CT molecular complexity index is 125. The first-order chi connectivity index (χ1) is 3.43. The molecule has 1 rings (SSSR count). The molecule has 0 saturated carbocycles. The van der Waals surface area contributed by atoms with Crippen LogP contribution in [0.15, 0.2) is 4.42 Å². The largest absolute Gasteiger partial charge is 0.414 e. The lowest BCUT2D eigenvalue weighted by molar-refractivity contribution is 0.239. The van der Waals surface area contributed by atoms with Gasteiger partial charge in [0.15, 0.2) is 0 Å². The standard InChI is InChI=1S/C3H3N2O2/c6-1-3-5-4-2-7-3/h6H,1H2. The van der Waals surface area contributed by atoms with E-state index in [1.54, 1.807) is 0 Å². The van der Waals surface area contributed by atoms with Gasteiger partial charge in [-0.1, -0.05) is 0 Å². The third-order valence-electron chi connectivity index (χ3n) is 0.501. The van der Waals surface area contributed by atoms with Crippen LogP contribution >= 0.6 is 0 Å². The predicted molar refractivity (Wildman–Crippen MR) is 19.1 cm³/mol. The lowest BCUT2D eigenvalue weighted by Crippen LogP contribution is -1.79. The molecule has 1 radical (unpaired) electrons. The molecular weight excluding hydrogens is 96.0 g/mol. The Morgan fingerprint density at radius 3 is 3.00 bits per heavy atom. The zero-order valence-corrected chi connectivity index (χ0v) is 3.46. The zero-order chi connectivity index (χ0) is 5.11. The van der Waals surface area contributed by atoms with Crippen molar-refractivity contribution in [3.05, 3.63) is 12.3 Å². The van der Waals surface area contributed by atoms with Gasteiger partial charge in [-0.15, -0.1) is 10.2 Å². The molecule has 1 aromatic heterocycles. The first-order valence-corrected chi connectivity index (χ1v) is 1.73. The molecule has 1 N–H and O–H groups in total. The summed E-state index contributed by atoms with van der Waals surface area (Å²) in [4.78, 5) is 0. The number of hydrogen-bond acceptors (Lipinski definition) is 4. The van der Waals surface area contributed by atoms with Gasteiger partial charge in [-0.2, -0.15) is 0 Å².